The molecule has 0 saturated carbocycles. The van der Waals surface area contributed by atoms with E-state index in [1.54, 1.807) is 7.11 Å². The van der Waals surface area contributed by atoms with Crippen LogP contribution in [-0.2, 0) is 0 Å². The summed E-state index contributed by atoms with van der Waals surface area (Å²) in [5.74, 6) is 1.34. The van der Waals surface area contributed by atoms with Crippen molar-refractivity contribution in [2.75, 3.05) is 20.3 Å². The first-order valence-electron chi connectivity index (χ1n) is 3.95. The molecule has 0 aliphatic rings. The molecule has 0 aromatic heterocycles. The van der Waals surface area contributed by atoms with Crippen molar-refractivity contribution in [3.63, 3.8) is 0 Å². The van der Waals surface area contributed by atoms with Gasteiger partial charge in [-0.2, -0.15) is 0 Å². The summed E-state index contributed by atoms with van der Waals surface area (Å²) in [4.78, 5) is 0. The van der Waals surface area contributed by atoms with Crippen LogP contribution in [0.5, 0.6) is 11.5 Å². The van der Waals surface area contributed by atoms with Crippen LogP contribution < -0.4 is 14.8 Å². The molecule has 0 fully saturated rings. The molecule has 13 heavy (non-hydrogen) atoms. The molecule has 1 N–H and O–H groups in total. The number of hydrogen-bond donors (Lipinski definition) is 1. The summed E-state index contributed by atoms with van der Waals surface area (Å²) in [7, 11) is 4.17. The Bertz CT molecular complexity index is 276. The van der Waals surface area contributed by atoms with E-state index < -0.39 is 0 Å². The fourth-order valence-electron chi connectivity index (χ4n) is 0.959. The first-order chi connectivity index (χ1) is 6.27. The molecule has 0 amide bonds. The number of ether oxygens (including phenoxy) is 2. The zero-order valence-electron chi connectivity index (χ0n) is 7.49. The van der Waals surface area contributed by atoms with Crippen LogP contribution in [0.2, 0.25) is 0 Å². The molecule has 4 heteroatoms. The van der Waals surface area contributed by atoms with Crippen LogP contribution in [0.1, 0.15) is 0 Å². The first kappa shape index (κ1) is 10.3. The lowest BCUT2D eigenvalue weighted by Gasteiger charge is -2.09. The minimum absolute atomic E-state index is 0.00573. The maximum atomic E-state index is 8.58. The zero-order chi connectivity index (χ0) is 9.68. The van der Waals surface area contributed by atoms with Gasteiger partial charge in [-0.1, -0.05) is 6.07 Å². The Balaban J connectivity index is 2.79. The molecule has 0 heterocycles. The van der Waals surface area contributed by atoms with Crippen molar-refractivity contribution in [3.8, 4) is 11.5 Å². The molecule has 1 rings (SSSR count). The standard InChI is InChI=1S/C9H13O3P/c1-11-9-6-7(13)2-3-8(9)12-5-4-10/h2-3,6,10H,4-5,13H2,1H3. The van der Waals surface area contributed by atoms with Crippen molar-refractivity contribution >= 4 is 14.5 Å². The Hall–Kier alpha value is -0.790. The maximum absolute atomic E-state index is 8.58. The van der Waals surface area contributed by atoms with E-state index in [4.69, 9.17) is 14.6 Å². The molecule has 1 unspecified atom stereocenters. The SMILES string of the molecule is COc1cc(P)ccc1OCCO. The molecule has 1 atom stereocenters. The highest BCUT2D eigenvalue weighted by molar-refractivity contribution is 7.27. The summed E-state index contributed by atoms with van der Waals surface area (Å²) in [5.41, 5.74) is 0. The molecule has 0 saturated heterocycles. The molecule has 1 aromatic carbocycles. The van der Waals surface area contributed by atoms with Gasteiger partial charge in [-0.15, -0.1) is 9.24 Å². The van der Waals surface area contributed by atoms with E-state index in [-0.39, 0.29) is 13.2 Å². The van der Waals surface area contributed by atoms with Crippen LogP contribution >= 0.6 is 9.24 Å². The molecule has 0 aliphatic heterocycles. The number of rotatable bonds is 4. The summed E-state index contributed by atoms with van der Waals surface area (Å²) in [6.07, 6.45) is 0. The van der Waals surface area contributed by atoms with Crippen molar-refractivity contribution in [1.82, 2.24) is 0 Å². The Morgan fingerprint density at radius 2 is 2.15 bits per heavy atom. The van der Waals surface area contributed by atoms with E-state index in [2.05, 4.69) is 9.24 Å². The van der Waals surface area contributed by atoms with Crippen molar-refractivity contribution in [2.45, 2.75) is 0 Å². The second kappa shape index (κ2) is 5.05. The lowest BCUT2D eigenvalue weighted by Crippen LogP contribution is -2.04. The molecule has 3 nitrogen and oxygen atoms in total. The van der Waals surface area contributed by atoms with E-state index in [9.17, 15) is 0 Å². The highest BCUT2D eigenvalue weighted by atomic mass is 31.0. The van der Waals surface area contributed by atoms with Gasteiger partial charge in [0, 0.05) is 0 Å². The van der Waals surface area contributed by atoms with E-state index in [1.807, 2.05) is 18.2 Å². The predicted molar refractivity (Wildman–Crippen MR) is 54.9 cm³/mol. The molecular formula is C9H13O3P. The number of aliphatic hydroxyl groups is 1. The highest BCUT2D eigenvalue weighted by Gasteiger charge is 2.02. The van der Waals surface area contributed by atoms with E-state index >= 15 is 0 Å². The Labute approximate surface area is 79.9 Å². The lowest BCUT2D eigenvalue weighted by atomic mass is 10.3. The molecular weight excluding hydrogens is 187 g/mol. The molecule has 0 bridgehead atoms. The predicted octanol–water partition coefficient (Wildman–Crippen LogP) is 0.567. The van der Waals surface area contributed by atoms with Gasteiger partial charge in [0.05, 0.1) is 13.7 Å². The largest absolute Gasteiger partial charge is 0.493 e. The van der Waals surface area contributed by atoms with Crippen LogP contribution in [0.3, 0.4) is 0 Å². The average Bonchev–Trinajstić information content (AvgIpc) is 2.16. The summed E-state index contributed by atoms with van der Waals surface area (Å²) in [5, 5.41) is 9.61. The third-order valence-corrected chi connectivity index (χ3v) is 1.90. The highest BCUT2D eigenvalue weighted by Crippen LogP contribution is 2.25. The van der Waals surface area contributed by atoms with Crippen LogP contribution in [0.4, 0.5) is 0 Å². The maximum Gasteiger partial charge on any atom is 0.161 e. The quantitative estimate of drug-likeness (QED) is 0.722. The smallest absolute Gasteiger partial charge is 0.161 e. The van der Waals surface area contributed by atoms with Gasteiger partial charge in [0.25, 0.3) is 0 Å². The van der Waals surface area contributed by atoms with Crippen LogP contribution in [0.15, 0.2) is 18.2 Å². The Morgan fingerprint density at radius 3 is 2.77 bits per heavy atom. The van der Waals surface area contributed by atoms with E-state index in [1.165, 1.54) is 0 Å². The minimum Gasteiger partial charge on any atom is -0.493 e. The second-order valence-corrected chi connectivity index (χ2v) is 3.15. The first-order valence-corrected chi connectivity index (χ1v) is 4.53. The van der Waals surface area contributed by atoms with Gasteiger partial charge in [-0.25, -0.2) is 0 Å². The fraction of sp³-hybridized carbons (Fsp3) is 0.333. The van der Waals surface area contributed by atoms with Crippen molar-refractivity contribution < 1.29 is 14.6 Å². The van der Waals surface area contributed by atoms with Gasteiger partial charge in [-0.3, -0.25) is 0 Å². The molecule has 0 spiro atoms. The van der Waals surface area contributed by atoms with Gasteiger partial charge < -0.3 is 14.6 Å². The fourth-order valence-corrected chi connectivity index (χ4v) is 1.21. The van der Waals surface area contributed by atoms with Crippen LogP contribution in [0, 0.1) is 0 Å². The third-order valence-electron chi connectivity index (χ3n) is 1.54. The Kier molecular flexibility index (Phi) is 4.00. The number of benzene rings is 1. The molecule has 72 valence electrons. The van der Waals surface area contributed by atoms with Crippen molar-refractivity contribution in [1.29, 1.82) is 0 Å². The van der Waals surface area contributed by atoms with Crippen molar-refractivity contribution in [2.24, 2.45) is 0 Å². The Morgan fingerprint density at radius 1 is 1.38 bits per heavy atom. The normalized spacial score (nSPS) is 9.77. The molecule has 1 aromatic rings. The van der Waals surface area contributed by atoms with E-state index in [0.29, 0.717) is 11.5 Å². The zero-order valence-corrected chi connectivity index (χ0v) is 8.64. The van der Waals surface area contributed by atoms with Gasteiger partial charge >= 0.3 is 0 Å². The number of methoxy groups -OCH3 is 1. The third kappa shape index (κ3) is 2.87. The molecule has 0 radical (unpaired) electrons. The van der Waals surface area contributed by atoms with Gasteiger partial charge in [0.2, 0.25) is 0 Å². The van der Waals surface area contributed by atoms with E-state index in [0.717, 1.165) is 5.30 Å². The van der Waals surface area contributed by atoms with Gasteiger partial charge in [-0.05, 0) is 17.4 Å². The second-order valence-electron chi connectivity index (χ2n) is 2.48. The monoisotopic (exact) mass is 200 g/mol. The summed E-state index contributed by atoms with van der Waals surface area (Å²) < 4.78 is 10.4. The summed E-state index contributed by atoms with van der Waals surface area (Å²) >= 11 is 0. The average molecular weight is 200 g/mol. The summed E-state index contributed by atoms with van der Waals surface area (Å²) in [6.45, 7) is 0.290. The van der Waals surface area contributed by atoms with Gasteiger partial charge in [0.15, 0.2) is 11.5 Å². The minimum atomic E-state index is 0.00573. The van der Waals surface area contributed by atoms with Crippen LogP contribution in [0.25, 0.3) is 0 Å². The topological polar surface area (TPSA) is 38.7 Å². The lowest BCUT2D eigenvalue weighted by molar-refractivity contribution is 0.196. The van der Waals surface area contributed by atoms with Crippen molar-refractivity contribution in [3.05, 3.63) is 18.2 Å². The summed E-state index contributed by atoms with van der Waals surface area (Å²) in [6, 6.07) is 5.58. The van der Waals surface area contributed by atoms with Crippen LogP contribution in [-0.4, -0.2) is 25.4 Å². The van der Waals surface area contributed by atoms with Gasteiger partial charge in [0.1, 0.15) is 6.61 Å². The number of aliphatic hydroxyl groups excluding tert-OH is 1. The molecule has 0 aliphatic carbocycles. The number of hydrogen-bond acceptors (Lipinski definition) is 3.